The number of benzene rings is 1. The summed E-state index contributed by atoms with van der Waals surface area (Å²) < 4.78 is 11.5. The van der Waals surface area contributed by atoms with Gasteiger partial charge in [0.1, 0.15) is 22.6 Å². The maximum atomic E-state index is 14.2. The lowest BCUT2D eigenvalue weighted by atomic mass is 9.55. The van der Waals surface area contributed by atoms with Crippen LogP contribution < -0.4 is 0 Å². The topological polar surface area (TPSA) is 110 Å². The van der Waals surface area contributed by atoms with Crippen LogP contribution in [0.1, 0.15) is 72.0 Å². The van der Waals surface area contributed by atoms with E-state index in [1.165, 1.54) is 0 Å². The highest BCUT2D eigenvalue weighted by Gasteiger charge is 2.70. The molecule has 37 heavy (non-hydrogen) atoms. The quantitative estimate of drug-likeness (QED) is 0.282. The van der Waals surface area contributed by atoms with Crippen LogP contribution >= 0.6 is 39.1 Å². The van der Waals surface area contributed by atoms with Gasteiger partial charge in [0.2, 0.25) is 0 Å². The van der Waals surface area contributed by atoms with E-state index in [2.05, 4.69) is 15.9 Å². The van der Waals surface area contributed by atoms with Gasteiger partial charge in [0.05, 0.1) is 23.5 Å². The average molecular weight is 618 g/mol. The summed E-state index contributed by atoms with van der Waals surface area (Å²) in [5.74, 6) is -2.21. The summed E-state index contributed by atoms with van der Waals surface area (Å²) in [6.07, 6.45) is -0.370. The van der Waals surface area contributed by atoms with Crippen LogP contribution in [-0.2, 0) is 19.1 Å². The standard InChI is InChI=1S/C27H31BrCl2O7/c1-11-6-17(36-25(11)35)22(33)20(24(29)30)14-4-5-15-16-7-18(28)27(10-32)26(3,8-13(9-31)37-27)21(16)23(34)19(15)12(14)2/h4-5,10-11,13,16-18,20-22,24,31,33H,6-9H2,1-3H3/t11-,13-,16+,17-,18+,20-,21-,22-,26-,27+/m1/s1. The lowest BCUT2D eigenvalue weighted by Gasteiger charge is -2.51. The molecule has 2 aliphatic heterocycles. The van der Waals surface area contributed by atoms with Crippen LogP contribution in [-0.4, -0.2) is 68.4 Å². The highest BCUT2D eigenvalue weighted by atomic mass is 79.9. The van der Waals surface area contributed by atoms with E-state index in [0.29, 0.717) is 36.0 Å². The zero-order valence-electron chi connectivity index (χ0n) is 20.8. The molecule has 7 nitrogen and oxygen atoms in total. The van der Waals surface area contributed by atoms with Gasteiger partial charge in [0, 0.05) is 22.8 Å². The van der Waals surface area contributed by atoms with Gasteiger partial charge < -0.3 is 24.5 Å². The molecule has 4 aliphatic rings. The molecule has 2 saturated heterocycles. The third kappa shape index (κ3) is 3.80. The van der Waals surface area contributed by atoms with E-state index in [4.69, 9.17) is 32.7 Å². The van der Waals surface area contributed by atoms with Crippen molar-refractivity contribution in [3.05, 3.63) is 34.4 Å². The molecule has 202 valence electrons. The number of alkyl halides is 3. The van der Waals surface area contributed by atoms with Crippen molar-refractivity contribution in [1.82, 2.24) is 0 Å². The molecule has 10 heteroatoms. The summed E-state index contributed by atoms with van der Waals surface area (Å²) >= 11 is 16.5. The minimum absolute atomic E-state index is 0.0792. The lowest BCUT2D eigenvalue weighted by molar-refractivity contribution is -0.150. The number of hydrogen-bond acceptors (Lipinski definition) is 7. The van der Waals surface area contributed by atoms with Crippen molar-refractivity contribution in [3.63, 3.8) is 0 Å². The summed E-state index contributed by atoms with van der Waals surface area (Å²) in [4.78, 5) is 37.3. The Morgan fingerprint density at radius 3 is 2.54 bits per heavy atom. The number of aliphatic hydroxyl groups is 2. The number of aliphatic hydroxyl groups excluding tert-OH is 2. The number of cyclic esters (lactones) is 1. The van der Waals surface area contributed by atoms with Gasteiger partial charge in [-0.3, -0.25) is 9.59 Å². The van der Waals surface area contributed by atoms with Gasteiger partial charge in [-0.1, -0.05) is 41.9 Å². The molecular weight excluding hydrogens is 587 g/mol. The van der Waals surface area contributed by atoms with Crippen molar-refractivity contribution in [2.24, 2.45) is 17.3 Å². The molecule has 1 aromatic rings. The van der Waals surface area contributed by atoms with Crippen molar-refractivity contribution in [2.75, 3.05) is 6.61 Å². The third-order valence-corrected chi connectivity index (χ3v) is 11.0. The molecule has 0 unspecified atom stereocenters. The predicted molar refractivity (Wildman–Crippen MR) is 140 cm³/mol. The van der Waals surface area contributed by atoms with Crippen molar-refractivity contribution >= 4 is 57.2 Å². The van der Waals surface area contributed by atoms with E-state index in [-0.39, 0.29) is 35.0 Å². The minimum Gasteiger partial charge on any atom is -0.459 e. The van der Waals surface area contributed by atoms with Gasteiger partial charge >= 0.3 is 5.97 Å². The van der Waals surface area contributed by atoms with Gasteiger partial charge in [-0.05, 0) is 48.8 Å². The fourth-order valence-electron chi connectivity index (χ4n) is 7.55. The molecule has 5 rings (SSSR count). The number of fused-ring (bicyclic) bond motifs is 5. The number of ketones is 1. The molecule has 0 aromatic heterocycles. The lowest BCUT2D eigenvalue weighted by Crippen LogP contribution is -2.60. The minimum atomic E-state index is -1.23. The second-order valence-corrected chi connectivity index (χ2v) is 13.6. The second-order valence-electron chi connectivity index (χ2n) is 11.3. The zero-order chi connectivity index (χ0) is 27.0. The third-order valence-electron chi connectivity index (χ3n) is 9.40. The molecule has 0 radical (unpaired) electrons. The summed E-state index contributed by atoms with van der Waals surface area (Å²) in [7, 11) is 0. The number of Topliss-reactive ketones (excluding diaryl/α,β-unsaturated/α-hetero) is 1. The zero-order valence-corrected chi connectivity index (χ0v) is 23.9. The monoisotopic (exact) mass is 616 g/mol. The molecule has 0 spiro atoms. The average Bonchev–Trinajstić information content (AvgIpc) is 3.45. The smallest absolute Gasteiger partial charge is 0.309 e. The Hall–Kier alpha value is -1.03. The highest BCUT2D eigenvalue weighted by Crippen LogP contribution is 2.65. The number of halogens is 3. The molecule has 1 aromatic carbocycles. The molecule has 0 amide bonds. The van der Waals surface area contributed by atoms with Crippen molar-refractivity contribution < 1.29 is 34.1 Å². The molecule has 10 atom stereocenters. The summed E-state index contributed by atoms with van der Waals surface area (Å²) in [6, 6.07) is 3.75. The van der Waals surface area contributed by atoms with Crippen molar-refractivity contribution in [2.45, 2.75) is 85.4 Å². The van der Waals surface area contributed by atoms with E-state index in [1.54, 1.807) is 6.92 Å². The number of rotatable bonds is 6. The largest absolute Gasteiger partial charge is 0.459 e. The first kappa shape index (κ1) is 27.5. The fourth-order valence-corrected chi connectivity index (χ4v) is 9.26. The number of aldehydes is 1. The van der Waals surface area contributed by atoms with Gasteiger partial charge in [-0.15, -0.1) is 23.2 Å². The Morgan fingerprint density at radius 1 is 1.27 bits per heavy atom. The van der Waals surface area contributed by atoms with Crippen LogP contribution in [0.5, 0.6) is 0 Å². The first-order valence-electron chi connectivity index (χ1n) is 12.6. The molecule has 3 fully saturated rings. The number of carbonyl (C=O) groups excluding carboxylic acids is 3. The Labute approximate surface area is 234 Å². The van der Waals surface area contributed by atoms with Crippen LogP contribution in [0, 0.1) is 24.2 Å². The van der Waals surface area contributed by atoms with Gasteiger partial charge in [-0.2, -0.15) is 0 Å². The van der Waals surface area contributed by atoms with Gasteiger partial charge in [0.15, 0.2) is 12.1 Å². The fraction of sp³-hybridized carbons (Fsp3) is 0.667. The second kappa shape index (κ2) is 9.56. The molecule has 2 heterocycles. The van der Waals surface area contributed by atoms with Crippen molar-refractivity contribution in [1.29, 1.82) is 0 Å². The summed E-state index contributed by atoms with van der Waals surface area (Å²) in [5.41, 5.74) is 0.705. The normalized spacial score (nSPS) is 40.2. The maximum Gasteiger partial charge on any atom is 0.309 e. The Bertz CT molecular complexity index is 1140. The molecule has 1 saturated carbocycles. The van der Waals surface area contributed by atoms with Crippen LogP contribution in [0.2, 0.25) is 0 Å². The van der Waals surface area contributed by atoms with Crippen LogP contribution in [0.3, 0.4) is 0 Å². The summed E-state index contributed by atoms with van der Waals surface area (Å²) in [6.45, 7) is 5.25. The predicted octanol–water partition coefficient (Wildman–Crippen LogP) is 3.98. The van der Waals surface area contributed by atoms with Crippen molar-refractivity contribution in [3.8, 4) is 0 Å². The van der Waals surface area contributed by atoms with Gasteiger partial charge in [-0.25, -0.2) is 0 Å². The van der Waals surface area contributed by atoms with Crippen LogP contribution in [0.4, 0.5) is 0 Å². The Balaban J connectivity index is 1.56. The van der Waals surface area contributed by atoms with Crippen LogP contribution in [0.15, 0.2) is 12.1 Å². The van der Waals surface area contributed by atoms with Crippen LogP contribution in [0.25, 0.3) is 0 Å². The highest BCUT2D eigenvalue weighted by molar-refractivity contribution is 9.09. The van der Waals surface area contributed by atoms with E-state index < -0.39 is 46.0 Å². The Morgan fingerprint density at radius 2 is 1.97 bits per heavy atom. The number of esters is 1. The number of carbonyl (C=O) groups is 3. The summed E-state index contributed by atoms with van der Waals surface area (Å²) in [5, 5.41) is 21.1. The van der Waals surface area contributed by atoms with E-state index in [1.807, 2.05) is 26.0 Å². The number of hydrogen-bond donors (Lipinski definition) is 2. The van der Waals surface area contributed by atoms with E-state index in [9.17, 15) is 24.6 Å². The molecule has 2 N–H and O–H groups in total. The molecular formula is C27H31BrCl2O7. The Kier molecular flexibility index (Phi) is 7.11. The first-order valence-corrected chi connectivity index (χ1v) is 14.4. The molecule has 2 aliphatic carbocycles. The van der Waals surface area contributed by atoms with E-state index in [0.717, 1.165) is 11.8 Å². The number of ether oxygens (including phenoxy) is 2. The maximum absolute atomic E-state index is 14.2. The van der Waals surface area contributed by atoms with E-state index >= 15 is 0 Å². The van der Waals surface area contributed by atoms with Gasteiger partial charge in [0.25, 0.3) is 0 Å². The SMILES string of the molecule is Cc1c([C@@H](C(Cl)Cl)[C@H](O)[C@H]2C[C@@H](C)C(=O)O2)ccc2c1C(=O)[C@H]1[C@H]2C[C@H](Br)[C@]2(C=O)O[C@@H](CO)C[C@]12C. The first-order chi connectivity index (χ1) is 17.4. The molecule has 0 bridgehead atoms.